The molecule has 0 aliphatic carbocycles. The van der Waals surface area contributed by atoms with Gasteiger partial charge in [0.15, 0.2) is 0 Å². The van der Waals surface area contributed by atoms with E-state index in [0.29, 0.717) is 0 Å². The zero-order valence-electron chi connectivity index (χ0n) is 7.50. The number of fused-ring (bicyclic) bond motifs is 1. The van der Waals surface area contributed by atoms with Gasteiger partial charge in [-0.05, 0) is 18.2 Å². The molecule has 0 aliphatic rings. The summed E-state index contributed by atoms with van der Waals surface area (Å²) in [6.07, 6.45) is 0. The highest BCUT2D eigenvalue weighted by atomic mass is 35.5. The highest BCUT2D eigenvalue weighted by Gasteiger charge is 2.03. The summed E-state index contributed by atoms with van der Waals surface area (Å²) in [6, 6.07) is 5.71. The van der Waals surface area contributed by atoms with E-state index in [1.807, 2.05) is 23.6 Å². The van der Waals surface area contributed by atoms with Gasteiger partial charge in [0.25, 0.3) is 0 Å². The first-order valence-corrected chi connectivity index (χ1v) is 5.37. The van der Waals surface area contributed by atoms with Crippen molar-refractivity contribution in [3.8, 4) is 0 Å². The molecule has 4 heteroatoms. The second kappa shape index (κ2) is 3.59. The number of carbonyl (C=O) groups excluding carboxylic acids is 1. The number of thiophene rings is 1. The molecule has 14 heavy (non-hydrogen) atoms. The number of amides is 1. The molecule has 1 aromatic heterocycles. The molecule has 0 atom stereocenters. The Balaban J connectivity index is 2.49. The minimum absolute atomic E-state index is 0.0734. The van der Waals surface area contributed by atoms with Gasteiger partial charge in [0.05, 0.1) is 5.02 Å². The fraction of sp³-hybridized carbons (Fsp3) is 0.100. The summed E-state index contributed by atoms with van der Waals surface area (Å²) in [6.45, 7) is 1.49. The van der Waals surface area contributed by atoms with Crippen molar-refractivity contribution in [3.05, 3.63) is 28.6 Å². The van der Waals surface area contributed by atoms with Gasteiger partial charge in [-0.25, -0.2) is 0 Å². The Morgan fingerprint density at radius 3 is 3.00 bits per heavy atom. The Labute approximate surface area is 90.5 Å². The van der Waals surface area contributed by atoms with Crippen LogP contribution in [0.5, 0.6) is 0 Å². The number of hydrogen-bond donors (Lipinski definition) is 1. The summed E-state index contributed by atoms with van der Waals surface area (Å²) < 4.78 is 1.13. The molecule has 0 aliphatic heterocycles. The molecule has 0 unspecified atom stereocenters. The number of anilines is 1. The van der Waals surface area contributed by atoms with E-state index in [4.69, 9.17) is 11.6 Å². The van der Waals surface area contributed by atoms with Crippen molar-refractivity contribution in [2.75, 3.05) is 5.32 Å². The quantitative estimate of drug-likeness (QED) is 0.791. The second-order valence-electron chi connectivity index (χ2n) is 2.98. The zero-order valence-corrected chi connectivity index (χ0v) is 9.08. The summed E-state index contributed by atoms with van der Waals surface area (Å²) in [5.41, 5.74) is 0.783. The first kappa shape index (κ1) is 9.49. The fourth-order valence-electron chi connectivity index (χ4n) is 1.28. The Kier molecular flexibility index (Phi) is 2.44. The lowest BCUT2D eigenvalue weighted by atomic mass is 10.2. The molecular formula is C10H8ClNOS. The Morgan fingerprint density at radius 1 is 1.50 bits per heavy atom. The molecule has 0 bridgehead atoms. The van der Waals surface area contributed by atoms with Gasteiger partial charge in [-0.3, -0.25) is 4.79 Å². The van der Waals surface area contributed by atoms with Crippen molar-refractivity contribution in [1.82, 2.24) is 0 Å². The third-order valence-electron chi connectivity index (χ3n) is 1.85. The molecule has 2 aromatic rings. The lowest BCUT2D eigenvalue weighted by molar-refractivity contribution is -0.114. The molecule has 0 fully saturated rings. The van der Waals surface area contributed by atoms with E-state index in [0.717, 1.165) is 20.8 Å². The van der Waals surface area contributed by atoms with Crippen LogP contribution in [-0.2, 0) is 4.79 Å². The monoisotopic (exact) mass is 225 g/mol. The largest absolute Gasteiger partial charge is 0.326 e. The van der Waals surface area contributed by atoms with Crippen LogP contribution in [-0.4, -0.2) is 5.91 Å². The molecule has 0 saturated heterocycles. The van der Waals surface area contributed by atoms with E-state index in [9.17, 15) is 4.79 Å². The molecule has 0 spiro atoms. The molecule has 0 saturated carbocycles. The normalized spacial score (nSPS) is 10.4. The van der Waals surface area contributed by atoms with Crippen molar-refractivity contribution in [1.29, 1.82) is 0 Å². The average Bonchev–Trinajstić information content (AvgIpc) is 2.47. The molecule has 2 nitrogen and oxygen atoms in total. The Bertz CT molecular complexity index is 492. The molecule has 1 aromatic carbocycles. The summed E-state index contributed by atoms with van der Waals surface area (Å²) in [7, 11) is 0. The predicted molar refractivity (Wildman–Crippen MR) is 61.1 cm³/mol. The van der Waals surface area contributed by atoms with Crippen LogP contribution >= 0.6 is 22.9 Å². The maximum absolute atomic E-state index is 10.8. The van der Waals surface area contributed by atoms with Crippen LogP contribution < -0.4 is 5.32 Å². The van der Waals surface area contributed by atoms with Gasteiger partial charge in [0.2, 0.25) is 5.91 Å². The van der Waals surface area contributed by atoms with Crippen LogP contribution in [0.2, 0.25) is 5.02 Å². The van der Waals surface area contributed by atoms with E-state index >= 15 is 0 Å². The van der Waals surface area contributed by atoms with Crippen molar-refractivity contribution < 1.29 is 4.79 Å². The van der Waals surface area contributed by atoms with E-state index in [1.165, 1.54) is 6.92 Å². The van der Waals surface area contributed by atoms with Crippen LogP contribution in [0.3, 0.4) is 0 Å². The van der Waals surface area contributed by atoms with E-state index in [-0.39, 0.29) is 5.91 Å². The van der Waals surface area contributed by atoms with Gasteiger partial charge in [0, 0.05) is 28.1 Å². The fourth-order valence-corrected chi connectivity index (χ4v) is 2.42. The SMILES string of the molecule is CC(=O)Nc1ccc2scc(Cl)c2c1. The molecular weight excluding hydrogens is 218 g/mol. The standard InChI is InChI=1S/C10H8ClNOS/c1-6(13)12-7-2-3-10-8(4-7)9(11)5-14-10/h2-5H,1H3,(H,12,13). The summed E-state index contributed by atoms with van der Waals surface area (Å²) >= 11 is 7.58. The topological polar surface area (TPSA) is 29.1 Å². The highest BCUT2D eigenvalue weighted by molar-refractivity contribution is 7.17. The van der Waals surface area contributed by atoms with Gasteiger partial charge < -0.3 is 5.32 Å². The number of rotatable bonds is 1. The van der Waals surface area contributed by atoms with Gasteiger partial charge in [-0.15, -0.1) is 11.3 Å². The lowest BCUT2D eigenvalue weighted by Crippen LogP contribution is -2.05. The summed E-state index contributed by atoms with van der Waals surface area (Å²) in [4.78, 5) is 10.8. The van der Waals surface area contributed by atoms with E-state index < -0.39 is 0 Å². The third-order valence-corrected chi connectivity index (χ3v) is 3.25. The average molecular weight is 226 g/mol. The van der Waals surface area contributed by atoms with Crippen LogP contribution in [0.25, 0.3) is 10.1 Å². The van der Waals surface area contributed by atoms with Crippen molar-refractivity contribution >= 4 is 44.6 Å². The first-order valence-electron chi connectivity index (χ1n) is 4.11. The number of halogens is 1. The number of hydrogen-bond acceptors (Lipinski definition) is 2. The van der Waals surface area contributed by atoms with Gasteiger partial charge in [0.1, 0.15) is 0 Å². The molecule has 1 amide bonds. The Hall–Kier alpha value is -1.06. The minimum atomic E-state index is -0.0734. The summed E-state index contributed by atoms with van der Waals surface area (Å²) in [5.74, 6) is -0.0734. The highest BCUT2D eigenvalue weighted by Crippen LogP contribution is 2.31. The van der Waals surface area contributed by atoms with Crippen LogP contribution in [0.15, 0.2) is 23.6 Å². The Morgan fingerprint density at radius 2 is 2.29 bits per heavy atom. The predicted octanol–water partition coefficient (Wildman–Crippen LogP) is 3.51. The van der Waals surface area contributed by atoms with Gasteiger partial charge >= 0.3 is 0 Å². The van der Waals surface area contributed by atoms with Crippen LogP contribution in [0.4, 0.5) is 5.69 Å². The van der Waals surface area contributed by atoms with Crippen molar-refractivity contribution in [2.24, 2.45) is 0 Å². The summed E-state index contributed by atoms with van der Waals surface area (Å²) in [5, 5.41) is 6.34. The molecule has 1 N–H and O–H groups in total. The zero-order chi connectivity index (χ0) is 10.1. The maximum atomic E-state index is 10.8. The van der Waals surface area contributed by atoms with Crippen LogP contribution in [0, 0.1) is 0 Å². The molecule has 1 heterocycles. The molecule has 2 rings (SSSR count). The third kappa shape index (κ3) is 1.74. The van der Waals surface area contributed by atoms with Gasteiger partial charge in [-0.1, -0.05) is 11.6 Å². The van der Waals surface area contributed by atoms with E-state index in [2.05, 4.69) is 5.32 Å². The number of carbonyl (C=O) groups is 1. The smallest absolute Gasteiger partial charge is 0.221 e. The van der Waals surface area contributed by atoms with Gasteiger partial charge in [-0.2, -0.15) is 0 Å². The van der Waals surface area contributed by atoms with E-state index in [1.54, 1.807) is 11.3 Å². The number of benzene rings is 1. The maximum Gasteiger partial charge on any atom is 0.221 e. The second-order valence-corrected chi connectivity index (χ2v) is 4.29. The minimum Gasteiger partial charge on any atom is -0.326 e. The molecule has 0 radical (unpaired) electrons. The molecule has 72 valence electrons. The van der Waals surface area contributed by atoms with Crippen molar-refractivity contribution in [3.63, 3.8) is 0 Å². The van der Waals surface area contributed by atoms with Crippen molar-refractivity contribution in [2.45, 2.75) is 6.92 Å². The first-order chi connectivity index (χ1) is 6.66. The number of nitrogens with one attached hydrogen (secondary N) is 1. The lowest BCUT2D eigenvalue weighted by Gasteiger charge is -2.01. The van der Waals surface area contributed by atoms with Crippen LogP contribution in [0.1, 0.15) is 6.92 Å².